The van der Waals surface area contributed by atoms with Crippen molar-refractivity contribution in [2.75, 3.05) is 27.2 Å². The number of rotatable bonds is 4. The molecule has 3 N–H and O–H groups in total. The first-order valence-corrected chi connectivity index (χ1v) is 3.60. The molecule has 78 valence electrons. The predicted octanol–water partition coefficient (Wildman–Crippen LogP) is -6.49. The maximum atomic E-state index is 9.15. The van der Waals surface area contributed by atoms with Gasteiger partial charge >= 0.3 is 0 Å². The summed E-state index contributed by atoms with van der Waals surface area (Å²) < 4.78 is 0. The zero-order chi connectivity index (χ0) is 8.15. The van der Waals surface area contributed by atoms with Crippen molar-refractivity contribution in [1.82, 2.24) is 4.90 Å². The number of hydrogen-bond acceptors (Lipinski definition) is 3. The lowest BCUT2D eigenvalue weighted by Crippen LogP contribution is -3.00. The molecule has 2 unspecified atom stereocenters. The zero-order valence-corrected chi connectivity index (χ0v) is 11.0. The maximum Gasteiger partial charge on any atom is 0.0564 e. The Labute approximate surface area is 95.8 Å². The normalized spacial score (nSPS) is 14.5. The van der Waals surface area contributed by atoms with E-state index in [1.807, 2.05) is 19.0 Å². The van der Waals surface area contributed by atoms with E-state index in [-0.39, 0.29) is 46.0 Å². The lowest BCUT2D eigenvalue weighted by molar-refractivity contribution is -0.001000. The molecular formula is C7H18Br2N2O-2. The molecule has 0 bridgehead atoms. The molecule has 0 amide bonds. The average Bonchev–Trinajstić information content (AvgIpc) is 1.81. The Bertz CT molecular complexity index is 91.5. The first-order chi connectivity index (χ1) is 4.57. The van der Waals surface area contributed by atoms with Gasteiger partial charge in [0.15, 0.2) is 0 Å². The van der Waals surface area contributed by atoms with E-state index >= 15 is 0 Å². The van der Waals surface area contributed by atoms with Crippen LogP contribution in [0, 0.1) is 5.92 Å². The summed E-state index contributed by atoms with van der Waals surface area (Å²) in [6, 6.07) is 0. The molecule has 0 saturated heterocycles. The lowest BCUT2D eigenvalue weighted by Gasteiger charge is -2.21. The number of nitrogens with zero attached hydrogens (tertiary/aromatic N) is 1. The van der Waals surface area contributed by atoms with E-state index in [4.69, 9.17) is 10.8 Å². The predicted molar refractivity (Wildman–Crippen MR) is 42.8 cm³/mol. The minimum Gasteiger partial charge on any atom is -1.00 e. The molecule has 0 radical (unpaired) electrons. The van der Waals surface area contributed by atoms with Crippen LogP contribution in [0.5, 0.6) is 0 Å². The highest BCUT2D eigenvalue weighted by molar-refractivity contribution is 4.67. The summed E-state index contributed by atoms with van der Waals surface area (Å²) in [5.74, 6) is 0.204. The van der Waals surface area contributed by atoms with Gasteiger partial charge in [-0.2, -0.15) is 0 Å². The van der Waals surface area contributed by atoms with Gasteiger partial charge in [-0.15, -0.1) is 0 Å². The number of aliphatic hydroxyl groups is 1. The molecule has 0 heterocycles. The van der Waals surface area contributed by atoms with Crippen molar-refractivity contribution in [2.24, 2.45) is 11.7 Å². The molecule has 3 nitrogen and oxygen atoms in total. The molecule has 12 heavy (non-hydrogen) atoms. The van der Waals surface area contributed by atoms with E-state index in [0.717, 1.165) is 6.54 Å². The van der Waals surface area contributed by atoms with Crippen LogP contribution in [0.4, 0.5) is 0 Å². The topological polar surface area (TPSA) is 49.5 Å². The van der Waals surface area contributed by atoms with E-state index < -0.39 is 0 Å². The van der Waals surface area contributed by atoms with Crippen molar-refractivity contribution < 1.29 is 39.1 Å². The monoisotopic (exact) mass is 304 g/mol. The van der Waals surface area contributed by atoms with Gasteiger partial charge in [0.05, 0.1) is 6.10 Å². The van der Waals surface area contributed by atoms with Crippen LogP contribution in [0.15, 0.2) is 0 Å². The molecule has 0 aliphatic carbocycles. The number of aliphatic hydroxyl groups excluding tert-OH is 1. The Morgan fingerprint density at radius 1 is 1.33 bits per heavy atom. The largest absolute Gasteiger partial charge is 1.00 e. The summed E-state index contributed by atoms with van der Waals surface area (Å²) >= 11 is 0. The minimum atomic E-state index is -0.299. The summed E-state index contributed by atoms with van der Waals surface area (Å²) in [5.41, 5.74) is 5.44. The minimum absolute atomic E-state index is 0. The highest BCUT2D eigenvalue weighted by atomic mass is 79.9. The fourth-order valence-corrected chi connectivity index (χ4v) is 0.893. The average molecular weight is 306 g/mol. The van der Waals surface area contributed by atoms with Gasteiger partial charge in [0.1, 0.15) is 0 Å². The second-order valence-electron chi connectivity index (χ2n) is 3.00. The molecule has 0 aromatic carbocycles. The smallest absolute Gasteiger partial charge is 0.0564 e. The van der Waals surface area contributed by atoms with E-state index in [9.17, 15) is 0 Å². The van der Waals surface area contributed by atoms with Crippen molar-refractivity contribution in [3.63, 3.8) is 0 Å². The van der Waals surface area contributed by atoms with Gasteiger partial charge in [0, 0.05) is 12.5 Å². The summed E-state index contributed by atoms with van der Waals surface area (Å²) in [6.45, 7) is 3.19. The van der Waals surface area contributed by atoms with Crippen LogP contribution >= 0.6 is 0 Å². The quantitative estimate of drug-likeness (QED) is 0.543. The highest BCUT2D eigenvalue weighted by Gasteiger charge is 2.12. The van der Waals surface area contributed by atoms with Crippen molar-refractivity contribution >= 4 is 0 Å². The molecule has 5 heteroatoms. The van der Waals surface area contributed by atoms with Crippen molar-refractivity contribution in [3.05, 3.63) is 0 Å². The number of nitrogens with two attached hydrogens (primary N) is 1. The SMILES string of the molecule is CC(O)C(CN)CN(C)C.[Br-].[Br-]. The second-order valence-corrected chi connectivity index (χ2v) is 3.00. The first-order valence-electron chi connectivity index (χ1n) is 3.60. The first kappa shape index (κ1) is 18.6. The summed E-state index contributed by atoms with van der Waals surface area (Å²) in [4.78, 5) is 2.03. The Balaban J connectivity index is -0.000000405. The lowest BCUT2D eigenvalue weighted by atomic mass is 10.0. The van der Waals surface area contributed by atoms with Gasteiger partial charge in [-0.1, -0.05) is 0 Å². The third-order valence-electron chi connectivity index (χ3n) is 1.58. The number of halogens is 2. The fourth-order valence-electron chi connectivity index (χ4n) is 0.893. The van der Waals surface area contributed by atoms with Crippen LogP contribution in [0.3, 0.4) is 0 Å². The van der Waals surface area contributed by atoms with E-state index in [1.54, 1.807) is 6.92 Å². The molecule has 0 fully saturated rings. The van der Waals surface area contributed by atoms with Crippen LogP contribution in [-0.2, 0) is 0 Å². The third kappa shape index (κ3) is 8.93. The molecule has 0 aliphatic rings. The molecule has 0 aromatic heterocycles. The van der Waals surface area contributed by atoms with Crippen LogP contribution in [0.25, 0.3) is 0 Å². The third-order valence-corrected chi connectivity index (χ3v) is 1.58. The highest BCUT2D eigenvalue weighted by Crippen LogP contribution is 2.01. The van der Waals surface area contributed by atoms with Crippen LogP contribution in [-0.4, -0.2) is 43.3 Å². The Morgan fingerprint density at radius 3 is 1.83 bits per heavy atom. The van der Waals surface area contributed by atoms with Gasteiger partial charge < -0.3 is 49.7 Å². The van der Waals surface area contributed by atoms with Crippen LogP contribution in [0.2, 0.25) is 0 Å². The molecule has 0 spiro atoms. The van der Waals surface area contributed by atoms with Gasteiger partial charge in [0.2, 0.25) is 0 Å². The Kier molecular flexibility index (Phi) is 15.4. The maximum absolute atomic E-state index is 9.15. The molecular weight excluding hydrogens is 288 g/mol. The van der Waals surface area contributed by atoms with Gasteiger partial charge in [0.25, 0.3) is 0 Å². The summed E-state index contributed by atoms with van der Waals surface area (Å²) in [6.07, 6.45) is -0.299. The standard InChI is InChI=1S/C7H18N2O.2BrH/c1-6(10)7(4-8)5-9(2)3;;/h6-7,10H,4-5,8H2,1-3H3;2*1H/p-2. The Hall–Kier alpha value is 0.840. The second kappa shape index (κ2) is 9.92. The molecule has 2 atom stereocenters. The van der Waals surface area contributed by atoms with Gasteiger partial charge in [-0.25, -0.2) is 0 Å². The fraction of sp³-hybridized carbons (Fsp3) is 1.00. The van der Waals surface area contributed by atoms with Crippen molar-refractivity contribution in [2.45, 2.75) is 13.0 Å². The van der Waals surface area contributed by atoms with Crippen LogP contribution < -0.4 is 39.7 Å². The van der Waals surface area contributed by atoms with Crippen LogP contribution in [0.1, 0.15) is 6.92 Å². The van der Waals surface area contributed by atoms with E-state index in [1.165, 1.54) is 0 Å². The number of hydrogen-bond donors (Lipinski definition) is 2. The molecule has 0 aromatic rings. The van der Waals surface area contributed by atoms with Crippen molar-refractivity contribution in [3.8, 4) is 0 Å². The molecule has 0 saturated carbocycles. The van der Waals surface area contributed by atoms with E-state index in [2.05, 4.69) is 0 Å². The van der Waals surface area contributed by atoms with Gasteiger partial charge in [-0.05, 0) is 27.6 Å². The zero-order valence-electron chi connectivity index (χ0n) is 7.80. The van der Waals surface area contributed by atoms with Gasteiger partial charge in [-0.3, -0.25) is 0 Å². The summed E-state index contributed by atoms with van der Waals surface area (Å²) in [7, 11) is 3.95. The summed E-state index contributed by atoms with van der Waals surface area (Å²) in [5, 5.41) is 9.15. The molecule has 0 aliphatic heterocycles. The van der Waals surface area contributed by atoms with Crippen molar-refractivity contribution in [1.29, 1.82) is 0 Å². The Morgan fingerprint density at radius 2 is 1.75 bits per heavy atom. The molecule has 0 rings (SSSR count). The van der Waals surface area contributed by atoms with E-state index in [0.29, 0.717) is 6.54 Å².